The van der Waals surface area contributed by atoms with Crippen molar-refractivity contribution in [3.63, 3.8) is 0 Å². The molecule has 2 heteroatoms. The second-order valence-electron chi connectivity index (χ2n) is 4.37. The summed E-state index contributed by atoms with van der Waals surface area (Å²) in [6, 6.07) is 11.6. The number of benzene rings is 2. The van der Waals surface area contributed by atoms with E-state index in [0.717, 1.165) is 35.8 Å². The molecule has 0 aliphatic rings. The highest BCUT2D eigenvalue weighted by Gasteiger charge is 2.04. The number of rotatable bonds is 6. The monoisotopic (exact) mass is 242 g/mol. The predicted molar refractivity (Wildman–Crippen MR) is 74.4 cm³/mol. The van der Waals surface area contributed by atoms with Crippen molar-refractivity contribution in [3.8, 4) is 5.75 Å². The third-order valence-electron chi connectivity index (χ3n) is 3.05. The Morgan fingerprint density at radius 3 is 2.61 bits per heavy atom. The van der Waals surface area contributed by atoms with Gasteiger partial charge in [0.05, 0.1) is 6.61 Å². The molecule has 0 aromatic heterocycles. The maximum Gasteiger partial charge on any atom is 0.150 e. The van der Waals surface area contributed by atoms with Crippen LogP contribution in [0, 0.1) is 0 Å². The molecule has 0 amide bonds. The van der Waals surface area contributed by atoms with Crippen molar-refractivity contribution in [2.24, 2.45) is 0 Å². The van der Waals surface area contributed by atoms with E-state index in [4.69, 9.17) is 4.74 Å². The van der Waals surface area contributed by atoms with Crippen LogP contribution in [0.15, 0.2) is 36.4 Å². The Balaban J connectivity index is 2.25. The average molecular weight is 242 g/mol. The van der Waals surface area contributed by atoms with Crippen LogP contribution < -0.4 is 4.74 Å². The summed E-state index contributed by atoms with van der Waals surface area (Å²) in [5.74, 6) is 0.868. The Labute approximate surface area is 108 Å². The zero-order chi connectivity index (χ0) is 12.8. The largest absolute Gasteiger partial charge is 0.493 e. The van der Waals surface area contributed by atoms with Gasteiger partial charge in [0.1, 0.15) is 5.75 Å². The van der Waals surface area contributed by atoms with Gasteiger partial charge < -0.3 is 4.74 Å². The lowest BCUT2D eigenvalue weighted by atomic mass is 10.0. The van der Waals surface area contributed by atoms with Crippen molar-refractivity contribution < 1.29 is 9.53 Å². The van der Waals surface area contributed by atoms with Crippen LogP contribution in [-0.4, -0.2) is 12.9 Å². The first-order valence-corrected chi connectivity index (χ1v) is 6.46. The lowest BCUT2D eigenvalue weighted by Crippen LogP contribution is -1.98. The SMILES string of the molecule is CCCCCOc1cccc2c(C=O)cccc12. The zero-order valence-corrected chi connectivity index (χ0v) is 10.7. The van der Waals surface area contributed by atoms with Crippen molar-refractivity contribution in [1.82, 2.24) is 0 Å². The molecule has 0 saturated carbocycles. The van der Waals surface area contributed by atoms with Gasteiger partial charge in [0.25, 0.3) is 0 Å². The highest BCUT2D eigenvalue weighted by Crippen LogP contribution is 2.27. The first-order valence-electron chi connectivity index (χ1n) is 6.46. The molecule has 2 rings (SSSR count). The van der Waals surface area contributed by atoms with Gasteiger partial charge in [0.2, 0.25) is 0 Å². The molecule has 2 nitrogen and oxygen atoms in total. The van der Waals surface area contributed by atoms with Crippen LogP contribution in [0.1, 0.15) is 36.5 Å². The van der Waals surface area contributed by atoms with Gasteiger partial charge in [-0.2, -0.15) is 0 Å². The molecule has 0 aliphatic heterocycles. The molecule has 0 unspecified atom stereocenters. The van der Waals surface area contributed by atoms with Crippen LogP contribution in [0.4, 0.5) is 0 Å². The summed E-state index contributed by atoms with van der Waals surface area (Å²) >= 11 is 0. The number of ether oxygens (including phenoxy) is 1. The molecule has 2 aromatic rings. The standard InChI is InChI=1S/C16H18O2/c1-2-3-4-11-18-16-10-6-8-14-13(12-17)7-5-9-15(14)16/h5-10,12H,2-4,11H2,1H3. The topological polar surface area (TPSA) is 26.3 Å². The molecule has 0 spiro atoms. The minimum absolute atomic E-state index is 0.714. The molecule has 0 saturated heterocycles. The summed E-state index contributed by atoms with van der Waals surface area (Å²) in [5, 5.41) is 1.97. The van der Waals surface area contributed by atoms with E-state index in [9.17, 15) is 4.79 Å². The van der Waals surface area contributed by atoms with E-state index in [-0.39, 0.29) is 0 Å². The second-order valence-corrected chi connectivity index (χ2v) is 4.37. The maximum absolute atomic E-state index is 11.0. The Kier molecular flexibility index (Phi) is 4.35. The average Bonchev–Trinajstić information content (AvgIpc) is 2.43. The van der Waals surface area contributed by atoms with Gasteiger partial charge in [0.15, 0.2) is 6.29 Å². The number of hydrogen-bond acceptors (Lipinski definition) is 2. The van der Waals surface area contributed by atoms with E-state index < -0.39 is 0 Å². The molecule has 2 aromatic carbocycles. The van der Waals surface area contributed by atoms with Crippen molar-refractivity contribution in [2.45, 2.75) is 26.2 Å². The Morgan fingerprint density at radius 2 is 1.83 bits per heavy atom. The van der Waals surface area contributed by atoms with E-state index in [0.29, 0.717) is 5.56 Å². The van der Waals surface area contributed by atoms with Crippen molar-refractivity contribution in [3.05, 3.63) is 42.0 Å². The summed E-state index contributed by atoms with van der Waals surface area (Å²) in [4.78, 5) is 11.0. The lowest BCUT2D eigenvalue weighted by molar-refractivity contribution is 0.112. The van der Waals surface area contributed by atoms with Crippen LogP contribution in [0.2, 0.25) is 0 Å². The van der Waals surface area contributed by atoms with E-state index in [1.807, 2.05) is 36.4 Å². The fourth-order valence-electron chi connectivity index (χ4n) is 2.07. The molecule has 0 atom stereocenters. The zero-order valence-electron chi connectivity index (χ0n) is 10.7. The molecule has 0 heterocycles. The Morgan fingerprint density at radius 1 is 1.06 bits per heavy atom. The molecule has 0 aliphatic carbocycles. The van der Waals surface area contributed by atoms with E-state index in [1.165, 1.54) is 12.8 Å². The van der Waals surface area contributed by atoms with Crippen LogP contribution in [0.3, 0.4) is 0 Å². The molecule has 0 bridgehead atoms. The molecule has 0 fully saturated rings. The minimum Gasteiger partial charge on any atom is -0.493 e. The third-order valence-corrected chi connectivity index (χ3v) is 3.05. The van der Waals surface area contributed by atoms with E-state index in [1.54, 1.807) is 0 Å². The Bertz CT molecular complexity index is 532. The van der Waals surface area contributed by atoms with Crippen molar-refractivity contribution in [2.75, 3.05) is 6.61 Å². The normalized spacial score (nSPS) is 10.5. The molecule has 18 heavy (non-hydrogen) atoms. The fourth-order valence-corrected chi connectivity index (χ4v) is 2.07. The first kappa shape index (κ1) is 12.6. The fraction of sp³-hybridized carbons (Fsp3) is 0.312. The minimum atomic E-state index is 0.714. The maximum atomic E-state index is 11.0. The van der Waals surface area contributed by atoms with E-state index >= 15 is 0 Å². The van der Waals surface area contributed by atoms with Crippen LogP contribution >= 0.6 is 0 Å². The van der Waals surface area contributed by atoms with Gasteiger partial charge >= 0.3 is 0 Å². The Hall–Kier alpha value is -1.83. The quantitative estimate of drug-likeness (QED) is 0.560. The molecule has 94 valence electrons. The van der Waals surface area contributed by atoms with Crippen LogP contribution in [0.25, 0.3) is 10.8 Å². The van der Waals surface area contributed by atoms with Gasteiger partial charge in [-0.15, -0.1) is 0 Å². The first-order chi connectivity index (χ1) is 8.86. The summed E-state index contributed by atoms with van der Waals surface area (Å²) in [5.41, 5.74) is 0.714. The van der Waals surface area contributed by atoms with Gasteiger partial charge in [-0.25, -0.2) is 0 Å². The number of carbonyl (C=O) groups is 1. The van der Waals surface area contributed by atoms with Gasteiger partial charge in [-0.1, -0.05) is 50.1 Å². The van der Waals surface area contributed by atoms with Crippen molar-refractivity contribution in [1.29, 1.82) is 0 Å². The van der Waals surface area contributed by atoms with Gasteiger partial charge in [0, 0.05) is 10.9 Å². The molecular weight excluding hydrogens is 224 g/mol. The number of hydrogen-bond donors (Lipinski definition) is 0. The highest BCUT2D eigenvalue weighted by atomic mass is 16.5. The number of unbranched alkanes of at least 4 members (excludes halogenated alkanes) is 2. The van der Waals surface area contributed by atoms with Gasteiger partial charge in [-0.05, 0) is 17.9 Å². The highest BCUT2D eigenvalue weighted by molar-refractivity contribution is 6.00. The molecule has 0 radical (unpaired) electrons. The van der Waals surface area contributed by atoms with Gasteiger partial charge in [-0.3, -0.25) is 4.79 Å². The third kappa shape index (κ3) is 2.70. The van der Waals surface area contributed by atoms with E-state index in [2.05, 4.69) is 6.92 Å². The van der Waals surface area contributed by atoms with Crippen LogP contribution in [-0.2, 0) is 0 Å². The lowest BCUT2D eigenvalue weighted by Gasteiger charge is -2.09. The number of carbonyl (C=O) groups excluding carboxylic acids is 1. The second kappa shape index (κ2) is 6.20. The van der Waals surface area contributed by atoms with Crippen LogP contribution in [0.5, 0.6) is 5.75 Å². The molecular formula is C16H18O2. The summed E-state index contributed by atoms with van der Waals surface area (Å²) in [7, 11) is 0. The summed E-state index contributed by atoms with van der Waals surface area (Å²) < 4.78 is 5.80. The number of fused-ring (bicyclic) bond motifs is 1. The summed E-state index contributed by atoms with van der Waals surface area (Å²) in [6.45, 7) is 2.91. The summed E-state index contributed by atoms with van der Waals surface area (Å²) in [6.07, 6.45) is 4.34. The van der Waals surface area contributed by atoms with Crippen molar-refractivity contribution >= 4 is 17.1 Å². The number of aldehydes is 1. The predicted octanol–water partition coefficient (Wildman–Crippen LogP) is 4.22. The molecule has 0 N–H and O–H groups in total. The smallest absolute Gasteiger partial charge is 0.150 e.